The molecule has 1 fully saturated rings. The molecule has 2 aromatic heterocycles. The van der Waals surface area contributed by atoms with Crippen molar-refractivity contribution in [2.45, 2.75) is 39.8 Å². The molecule has 0 aliphatic carbocycles. The minimum atomic E-state index is 0.144. The monoisotopic (exact) mass is 347 g/mol. The number of nitrogens with zero attached hydrogens (tertiary/aromatic N) is 3. The molecule has 0 N–H and O–H groups in total. The molecule has 130 valence electrons. The van der Waals surface area contributed by atoms with Crippen LogP contribution in [0.1, 0.15) is 36.0 Å². The van der Waals surface area contributed by atoms with Crippen molar-refractivity contribution in [3.05, 3.63) is 40.2 Å². The predicted octanol–water partition coefficient (Wildman–Crippen LogP) is 3.31. The van der Waals surface area contributed by atoms with Gasteiger partial charge in [-0.25, -0.2) is 4.98 Å². The standard InChI is InChI=1S/C18H25N3O2S/c1-3-21(10-15-6-9-23-12-15)18(22)16-4-7-20(8-5-16)11-17-13-24-14(2)19-17/h6,9,12-13,16H,3-5,7-8,10-11H2,1-2H3. The van der Waals surface area contributed by atoms with Crippen LogP contribution in [0.4, 0.5) is 0 Å². The Morgan fingerprint density at radius 1 is 1.46 bits per heavy atom. The summed E-state index contributed by atoms with van der Waals surface area (Å²) in [5, 5.41) is 3.25. The Kier molecular flexibility index (Phi) is 5.68. The Hall–Kier alpha value is -1.66. The number of furan rings is 1. The van der Waals surface area contributed by atoms with E-state index >= 15 is 0 Å². The number of rotatable bonds is 6. The Bertz CT molecular complexity index is 645. The number of carbonyl (C=O) groups excluding carboxylic acids is 1. The fourth-order valence-electron chi connectivity index (χ4n) is 3.25. The van der Waals surface area contributed by atoms with E-state index in [9.17, 15) is 4.79 Å². The summed E-state index contributed by atoms with van der Waals surface area (Å²) in [7, 11) is 0. The molecule has 0 unspecified atom stereocenters. The zero-order valence-corrected chi connectivity index (χ0v) is 15.2. The van der Waals surface area contributed by atoms with Gasteiger partial charge in [0.05, 0.1) is 23.2 Å². The largest absolute Gasteiger partial charge is 0.472 e. The fraction of sp³-hybridized carbons (Fsp3) is 0.556. The van der Waals surface area contributed by atoms with Crippen molar-refractivity contribution in [1.29, 1.82) is 0 Å². The number of amides is 1. The lowest BCUT2D eigenvalue weighted by Crippen LogP contribution is -2.42. The molecular formula is C18H25N3O2S. The van der Waals surface area contributed by atoms with E-state index < -0.39 is 0 Å². The molecule has 2 aromatic rings. The molecular weight excluding hydrogens is 322 g/mol. The molecule has 24 heavy (non-hydrogen) atoms. The van der Waals surface area contributed by atoms with Crippen molar-refractivity contribution in [1.82, 2.24) is 14.8 Å². The zero-order chi connectivity index (χ0) is 16.9. The van der Waals surface area contributed by atoms with Gasteiger partial charge in [-0.3, -0.25) is 9.69 Å². The minimum absolute atomic E-state index is 0.144. The summed E-state index contributed by atoms with van der Waals surface area (Å²) in [6.07, 6.45) is 5.24. The van der Waals surface area contributed by atoms with E-state index in [1.54, 1.807) is 23.9 Å². The Morgan fingerprint density at radius 3 is 2.83 bits per heavy atom. The maximum absolute atomic E-state index is 12.8. The van der Waals surface area contributed by atoms with Crippen LogP contribution in [0.25, 0.3) is 0 Å². The van der Waals surface area contributed by atoms with E-state index in [0.29, 0.717) is 6.54 Å². The van der Waals surface area contributed by atoms with E-state index in [0.717, 1.165) is 55.3 Å². The van der Waals surface area contributed by atoms with Crippen molar-refractivity contribution >= 4 is 17.2 Å². The van der Waals surface area contributed by atoms with Gasteiger partial charge < -0.3 is 9.32 Å². The number of piperidine rings is 1. The molecule has 1 aliphatic rings. The van der Waals surface area contributed by atoms with Crippen LogP contribution in [0.15, 0.2) is 28.4 Å². The van der Waals surface area contributed by atoms with Crippen molar-refractivity contribution in [2.75, 3.05) is 19.6 Å². The maximum Gasteiger partial charge on any atom is 0.226 e. The van der Waals surface area contributed by atoms with Gasteiger partial charge in [-0.15, -0.1) is 11.3 Å². The SMILES string of the molecule is CCN(Cc1ccoc1)C(=O)C1CCN(Cc2csc(C)n2)CC1. The van der Waals surface area contributed by atoms with E-state index in [4.69, 9.17) is 4.42 Å². The van der Waals surface area contributed by atoms with E-state index in [1.807, 2.05) is 24.8 Å². The van der Waals surface area contributed by atoms with E-state index in [2.05, 4.69) is 15.3 Å². The lowest BCUT2D eigenvalue weighted by atomic mass is 9.95. The fourth-order valence-corrected chi connectivity index (χ4v) is 3.86. The summed E-state index contributed by atoms with van der Waals surface area (Å²) < 4.78 is 5.11. The highest BCUT2D eigenvalue weighted by Crippen LogP contribution is 2.22. The molecule has 1 saturated heterocycles. The summed E-state index contributed by atoms with van der Waals surface area (Å²) in [5.74, 6) is 0.424. The molecule has 1 aliphatic heterocycles. The third kappa shape index (κ3) is 4.24. The molecule has 0 spiro atoms. The molecule has 3 heterocycles. The van der Waals surface area contributed by atoms with Crippen LogP contribution >= 0.6 is 11.3 Å². The first kappa shape index (κ1) is 17.2. The zero-order valence-electron chi connectivity index (χ0n) is 14.4. The molecule has 3 rings (SSSR count). The molecule has 0 aromatic carbocycles. The average Bonchev–Trinajstić information content (AvgIpc) is 3.24. The third-order valence-electron chi connectivity index (χ3n) is 4.64. The summed E-state index contributed by atoms with van der Waals surface area (Å²) in [6, 6.07) is 1.92. The summed E-state index contributed by atoms with van der Waals surface area (Å²) >= 11 is 1.70. The number of aryl methyl sites for hydroxylation is 1. The lowest BCUT2D eigenvalue weighted by Gasteiger charge is -2.33. The van der Waals surface area contributed by atoms with Crippen molar-refractivity contribution < 1.29 is 9.21 Å². The first-order chi connectivity index (χ1) is 11.7. The van der Waals surface area contributed by atoms with Gasteiger partial charge in [0, 0.05) is 36.5 Å². The van der Waals surface area contributed by atoms with Crippen LogP contribution in [0.2, 0.25) is 0 Å². The Balaban J connectivity index is 1.50. The van der Waals surface area contributed by atoms with Crippen molar-refractivity contribution in [3.63, 3.8) is 0 Å². The van der Waals surface area contributed by atoms with Crippen LogP contribution in [0.5, 0.6) is 0 Å². The highest BCUT2D eigenvalue weighted by Gasteiger charge is 2.28. The van der Waals surface area contributed by atoms with Crippen molar-refractivity contribution in [3.8, 4) is 0 Å². The van der Waals surface area contributed by atoms with Gasteiger partial charge in [0.15, 0.2) is 0 Å². The van der Waals surface area contributed by atoms with E-state index in [1.165, 1.54) is 0 Å². The molecule has 5 nitrogen and oxygen atoms in total. The second-order valence-corrected chi connectivity index (χ2v) is 7.45. The normalized spacial score (nSPS) is 16.4. The average molecular weight is 347 g/mol. The van der Waals surface area contributed by atoms with Gasteiger partial charge in [-0.2, -0.15) is 0 Å². The quantitative estimate of drug-likeness (QED) is 0.804. The molecule has 0 radical (unpaired) electrons. The van der Waals surface area contributed by atoms with Crippen molar-refractivity contribution in [2.24, 2.45) is 5.92 Å². The summed E-state index contributed by atoms with van der Waals surface area (Å²) in [6.45, 7) is 8.30. The topological polar surface area (TPSA) is 49.6 Å². The number of thiazole rings is 1. The minimum Gasteiger partial charge on any atom is -0.472 e. The highest BCUT2D eigenvalue weighted by atomic mass is 32.1. The van der Waals surface area contributed by atoms with Gasteiger partial charge in [0.25, 0.3) is 0 Å². The van der Waals surface area contributed by atoms with Gasteiger partial charge in [0.1, 0.15) is 0 Å². The molecule has 0 bridgehead atoms. The van der Waals surface area contributed by atoms with Crippen LogP contribution in [-0.2, 0) is 17.9 Å². The summed E-state index contributed by atoms with van der Waals surface area (Å²) in [4.78, 5) is 21.7. The number of aromatic nitrogens is 1. The first-order valence-electron chi connectivity index (χ1n) is 8.59. The smallest absolute Gasteiger partial charge is 0.226 e. The van der Waals surface area contributed by atoms with Crippen LogP contribution in [0.3, 0.4) is 0 Å². The number of hydrogen-bond donors (Lipinski definition) is 0. The Morgan fingerprint density at radius 2 is 2.25 bits per heavy atom. The third-order valence-corrected chi connectivity index (χ3v) is 5.46. The molecule has 1 amide bonds. The lowest BCUT2D eigenvalue weighted by molar-refractivity contribution is -0.137. The predicted molar refractivity (Wildman–Crippen MR) is 94.7 cm³/mol. The van der Waals surface area contributed by atoms with Gasteiger partial charge in [-0.05, 0) is 45.8 Å². The maximum atomic E-state index is 12.8. The second-order valence-electron chi connectivity index (χ2n) is 6.39. The number of hydrogen-bond acceptors (Lipinski definition) is 5. The Labute approximate surface area is 147 Å². The van der Waals surface area contributed by atoms with Gasteiger partial charge in [0.2, 0.25) is 5.91 Å². The van der Waals surface area contributed by atoms with Crippen LogP contribution in [-0.4, -0.2) is 40.3 Å². The van der Waals surface area contributed by atoms with Gasteiger partial charge in [-0.1, -0.05) is 0 Å². The number of likely N-dealkylation sites (tertiary alicyclic amines) is 1. The second kappa shape index (κ2) is 7.94. The van der Waals surface area contributed by atoms with Crippen LogP contribution < -0.4 is 0 Å². The molecule has 6 heteroatoms. The van der Waals surface area contributed by atoms with E-state index in [-0.39, 0.29) is 11.8 Å². The molecule has 0 atom stereocenters. The van der Waals surface area contributed by atoms with Crippen LogP contribution in [0, 0.1) is 12.8 Å². The highest BCUT2D eigenvalue weighted by molar-refractivity contribution is 7.09. The first-order valence-corrected chi connectivity index (χ1v) is 9.47. The van der Waals surface area contributed by atoms with Gasteiger partial charge >= 0.3 is 0 Å². The number of carbonyl (C=O) groups is 1. The molecule has 0 saturated carbocycles. The summed E-state index contributed by atoms with van der Waals surface area (Å²) in [5.41, 5.74) is 2.21.